The van der Waals surface area contributed by atoms with Crippen LogP contribution in [0.5, 0.6) is 0 Å². The maximum Gasteiger partial charge on any atom is 0.270 e. The van der Waals surface area contributed by atoms with Gasteiger partial charge in [-0.25, -0.2) is 18.7 Å². The average molecular weight is 330 g/mol. The van der Waals surface area contributed by atoms with Crippen LogP contribution in [-0.4, -0.2) is 44.4 Å². The number of halogens is 2. The van der Waals surface area contributed by atoms with Gasteiger partial charge in [0.2, 0.25) is 0 Å². The molecule has 0 amide bonds. The Bertz CT molecular complexity index is 862. The molecule has 2 N–H and O–H groups in total. The number of hydrogen-bond donors (Lipinski definition) is 2. The summed E-state index contributed by atoms with van der Waals surface area (Å²) < 4.78 is 29.8. The van der Waals surface area contributed by atoms with Gasteiger partial charge in [0.1, 0.15) is 23.2 Å². The lowest BCUT2D eigenvalue weighted by molar-refractivity contribution is -0.0384. The van der Waals surface area contributed by atoms with E-state index in [1.54, 1.807) is 12.4 Å². The van der Waals surface area contributed by atoms with Gasteiger partial charge < -0.3 is 10.6 Å². The zero-order valence-electron chi connectivity index (χ0n) is 12.8. The maximum atomic E-state index is 14.0. The number of fused-ring (bicyclic) bond motifs is 1. The second-order valence-electron chi connectivity index (χ2n) is 5.77. The zero-order valence-corrected chi connectivity index (χ0v) is 12.8. The van der Waals surface area contributed by atoms with E-state index >= 15 is 0 Å². The molecule has 0 saturated carbocycles. The van der Waals surface area contributed by atoms with E-state index in [1.165, 1.54) is 6.20 Å². The number of aromatic nitrogens is 4. The molecule has 3 aromatic rings. The van der Waals surface area contributed by atoms with E-state index in [1.807, 2.05) is 28.8 Å². The summed E-state index contributed by atoms with van der Waals surface area (Å²) in [4.78, 5) is 12.9. The van der Waals surface area contributed by atoms with E-state index in [0.717, 1.165) is 11.3 Å². The van der Waals surface area contributed by atoms with Crippen molar-refractivity contribution in [3.05, 3.63) is 43.0 Å². The van der Waals surface area contributed by atoms with Gasteiger partial charge in [-0.15, -0.1) is 0 Å². The quantitative estimate of drug-likeness (QED) is 0.771. The van der Waals surface area contributed by atoms with E-state index in [9.17, 15) is 8.78 Å². The molecule has 1 aliphatic heterocycles. The predicted molar refractivity (Wildman–Crippen MR) is 86.1 cm³/mol. The average Bonchev–Trinajstić information content (AvgIpc) is 3.01. The fourth-order valence-electron chi connectivity index (χ4n) is 2.84. The van der Waals surface area contributed by atoms with E-state index < -0.39 is 12.0 Å². The molecule has 6 nitrogen and oxygen atoms in total. The lowest BCUT2D eigenvalue weighted by atomic mass is 10.0. The number of hydrogen-bond acceptors (Lipinski definition) is 5. The first-order chi connectivity index (χ1) is 11.6. The molecular weight excluding hydrogens is 314 g/mol. The molecule has 1 fully saturated rings. The summed E-state index contributed by atoms with van der Waals surface area (Å²) >= 11 is 0. The number of imidazole rings is 1. The number of piperidine rings is 1. The minimum atomic E-state index is -2.77. The molecule has 0 aromatic carbocycles. The summed E-state index contributed by atoms with van der Waals surface area (Å²) in [6.07, 6.45) is 6.43. The largest absolute Gasteiger partial charge is 0.359 e. The minimum absolute atomic E-state index is 0.189. The van der Waals surface area contributed by atoms with Gasteiger partial charge in [0.15, 0.2) is 0 Å². The van der Waals surface area contributed by atoms with E-state index in [4.69, 9.17) is 0 Å². The number of alkyl halides is 2. The first-order valence-corrected chi connectivity index (χ1v) is 7.73. The molecule has 8 heteroatoms. The molecule has 4 rings (SSSR count). The topological polar surface area (TPSA) is 67.1 Å². The lowest BCUT2D eigenvalue weighted by Gasteiger charge is -2.32. The Morgan fingerprint density at radius 1 is 1.25 bits per heavy atom. The molecule has 0 bridgehead atoms. The van der Waals surface area contributed by atoms with Gasteiger partial charge in [0, 0.05) is 25.7 Å². The number of nitrogens with one attached hydrogen (secondary N) is 2. The van der Waals surface area contributed by atoms with Crippen molar-refractivity contribution in [1.82, 2.24) is 24.7 Å². The standard InChI is InChI=1S/C16H16F2N6/c17-16(18)4-5-19-9-13(16)23-14-10-20-7-11(22-14)12-8-21-15-3-1-2-6-24(12)15/h1-3,6-8,10,13,19H,4-5,9H2,(H,22,23)/t13-/m1/s1. The van der Waals surface area contributed by atoms with Gasteiger partial charge in [-0.1, -0.05) is 6.07 Å². The molecular formula is C16H16F2N6. The third kappa shape index (κ3) is 2.69. The van der Waals surface area contributed by atoms with Crippen molar-refractivity contribution in [2.75, 3.05) is 18.4 Å². The van der Waals surface area contributed by atoms with Crippen molar-refractivity contribution < 1.29 is 8.78 Å². The van der Waals surface area contributed by atoms with Crippen LogP contribution in [0, 0.1) is 0 Å². The van der Waals surface area contributed by atoms with Crippen molar-refractivity contribution >= 4 is 11.5 Å². The highest BCUT2D eigenvalue weighted by Gasteiger charge is 2.41. The molecule has 1 atom stereocenters. The van der Waals surface area contributed by atoms with Crippen LogP contribution in [-0.2, 0) is 0 Å². The molecule has 0 radical (unpaired) electrons. The Hall–Kier alpha value is -2.61. The number of nitrogens with zero attached hydrogens (tertiary/aromatic N) is 4. The highest BCUT2D eigenvalue weighted by molar-refractivity contribution is 5.60. The molecule has 24 heavy (non-hydrogen) atoms. The van der Waals surface area contributed by atoms with Gasteiger partial charge in [0.25, 0.3) is 5.92 Å². The van der Waals surface area contributed by atoms with Crippen LogP contribution in [0.3, 0.4) is 0 Å². The van der Waals surface area contributed by atoms with Gasteiger partial charge >= 0.3 is 0 Å². The van der Waals surface area contributed by atoms with Crippen LogP contribution in [0.25, 0.3) is 17.0 Å². The summed E-state index contributed by atoms with van der Waals surface area (Å²) in [5, 5.41) is 5.78. The van der Waals surface area contributed by atoms with Crippen LogP contribution in [0.1, 0.15) is 6.42 Å². The maximum absolute atomic E-state index is 14.0. The summed E-state index contributed by atoms with van der Waals surface area (Å²) in [6.45, 7) is 0.507. The highest BCUT2D eigenvalue weighted by Crippen LogP contribution is 2.28. The molecule has 1 aliphatic rings. The van der Waals surface area contributed by atoms with Crippen LogP contribution >= 0.6 is 0 Å². The Labute approximate surface area is 137 Å². The fourth-order valence-corrected chi connectivity index (χ4v) is 2.84. The van der Waals surface area contributed by atoms with Crippen molar-refractivity contribution in [3.63, 3.8) is 0 Å². The number of anilines is 1. The Morgan fingerprint density at radius 3 is 3.04 bits per heavy atom. The molecule has 1 saturated heterocycles. The first kappa shape index (κ1) is 14.9. The van der Waals surface area contributed by atoms with Crippen LogP contribution in [0.15, 0.2) is 43.0 Å². The second kappa shape index (κ2) is 5.79. The normalized spacial score (nSPS) is 20.2. The third-order valence-corrected chi connectivity index (χ3v) is 4.13. The monoisotopic (exact) mass is 330 g/mol. The van der Waals surface area contributed by atoms with Crippen LogP contribution < -0.4 is 10.6 Å². The van der Waals surface area contributed by atoms with Crippen molar-refractivity contribution in [2.45, 2.75) is 18.4 Å². The zero-order chi connectivity index (χ0) is 16.6. The number of pyridine rings is 1. The first-order valence-electron chi connectivity index (χ1n) is 7.73. The van der Waals surface area contributed by atoms with Gasteiger partial charge in [-0.2, -0.15) is 0 Å². The minimum Gasteiger partial charge on any atom is -0.359 e. The van der Waals surface area contributed by atoms with Crippen molar-refractivity contribution in [3.8, 4) is 11.4 Å². The van der Waals surface area contributed by atoms with Gasteiger partial charge in [-0.3, -0.25) is 9.38 Å². The smallest absolute Gasteiger partial charge is 0.270 e. The SMILES string of the molecule is FC1(F)CCNC[C@H]1Nc1cncc(-c2cnc3ccccn23)n1. The summed E-state index contributed by atoms with van der Waals surface area (Å²) in [6, 6.07) is 4.67. The fraction of sp³-hybridized carbons (Fsp3) is 0.312. The van der Waals surface area contributed by atoms with Gasteiger partial charge in [0.05, 0.1) is 24.3 Å². The predicted octanol–water partition coefficient (Wildman–Crippen LogP) is 2.20. The molecule has 3 aromatic heterocycles. The third-order valence-electron chi connectivity index (χ3n) is 4.13. The summed E-state index contributed by atoms with van der Waals surface area (Å²) in [5.74, 6) is -2.45. The molecule has 4 heterocycles. The Kier molecular flexibility index (Phi) is 3.61. The highest BCUT2D eigenvalue weighted by atomic mass is 19.3. The summed E-state index contributed by atoms with van der Waals surface area (Å²) in [5.41, 5.74) is 2.12. The van der Waals surface area contributed by atoms with Crippen LogP contribution in [0.2, 0.25) is 0 Å². The van der Waals surface area contributed by atoms with Crippen molar-refractivity contribution in [2.24, 2.45) is 0 Å². The Morgan fingerprint density at radius 2 is 2.17 bits per heavy atom. The molecule has 0 spiro atoms. The van der Waals surface area contributed by atoms with Crippen LogP contribution in [0.4, 0.5) is 14.6 Å². The Balaban J connectivity index is 1.64. The van der Waals surface area contributed by atoms with Crippen molar-refractivity contribution in [1.29, 1.82) is 0 Å². The molecule has 0 unspecified atom stereocenters. The molecule has 0 aliphatic carbocycles. The van der Waals surface area contributed by atoms with E-state index in [0.29, 0.717) is 18.1 Å². The summed E-state index contributed by atoms with van der Waals surface area (Å²) in [7, 11) is 0. The lowest BCUT2D eigenvalue weighted by Crippen LogP contribution is -2.52. The molecule has 124 valence electrons. The van der Waals surface area contributed by atoms with Gasteiger partial charge in [-0.05, 0) is 12.1 Å². The number of rotatable bonds is 3. The van der Waals surface area contributed by atoms with E-state index in [2.05, 4.69) is 25.6 Å². The second-order valence-corrected chi connectivity index (χ2v) is 5.77. The van der Waals surface area contributed by atoms with E-state index in [-0.39, 0.29) is 13.0 Å².